The minimum atomic E-state index is -0.322. The number of hydrogen-bond acceptors (Lipinski definition) is 4. The van der Waals surface area contributed by atoms with Crippen LogP contribution in [0.5, 0.6) is 0 Å². The van der Waals surface area contributed by atoms with Crippen molar-refractivity contribution in [3.63, 3.8) is 0 Å². The van der Waals surface area contributed by atoms with Crippen LogP contribution in [0.25, 0.3) is 11.4 Å². The molecule has 0 radical (unpaired) electrons. The molecule has 1 saturated heterocycles. The van der Waals surface area contributed by atoms with Crippen molar-refractivity contribution >= 4 is 17.5 Å². The second-order valence-corrected chi connectivity index (χ2v) is 4.77. The summed E-state index contributed by atoms with van der Waals surface area (Å²) in [6.07, 6.45) is 2.25. The van der Waals surface area contributed by atoms with Gasteiger partial charge in [0.25, 0.3) is 0 Å². The van der Waals surface area contributed by atoms with Gasteiger partial charge in [-0.3, -0.25) is 0 Å². The van der Waals surface area contributed by atoms with E-state index in [0.29, 0.717) is 17.3 Å². The lowest BCUT2D eigenvalue weighted by Gasteiger charge is -2.15. The van der Waals surface area contributed by atoms with Crippen LogP contribution in [0.4, 0.5) is 10.3 Å². The maximum Gasteiger partial charge on any atom is 0.230 e. The van der Waals surface area contributed by atoms with E-state index in [2.05, 4.69) is 19.9 Å². The molecule has 1 aliphatic heterocycles. The first-order valence-electron chi connectivity index (χ1n) is 6.15. The Morgan fingerprint density at radius 1 is 1.11 bits per heavy atom. The zero-order valence-electron chi connectivity index (χ0n) is 10.2. The number of anilines is 1. The van der Waals surface area contributed by atoms with Crippen LogP contribution in [0, 0.1) is 5.82 Å². The van der Waals surface area contributed by atoms with E-state index in [0.717, 1.165) is 25.9 Å². The fourth-order valence-electron chi connectivity index (χ4n) is 2.15. The fraction of sp³-hybridized carbons (Fsp3) is 0.308. The van der Waals surface area contributed by atoms with Crippen LogP contribution in [-0.4, -0.2) is 28.0 Å². The summed E-state index contributed by atoms with van der Waals surface area (Å²) in [6.45, 7) is 1.84. The first-order chi connectivity index (χ1) is 9.22. The number of halogens is 2. The predicted octanol–water partition coefficient (Wildman–Crippen LogP) is 2.93. The number of rotatable bonds is 2. The van der Waals surface area contributed by atoms with Crippen molar-refractivity contribution in [2.75, 3.05) is 18.0 Å². The highest BCUT2D eigenvalue weighted by atomic mass is 35.5. The quantitative estimate of drug-likeness (QED) is 0.847. The van der Waals surface area contributed by atoms with E-state index in [9.17, 15) is 4.39 Å². The van der Waals surface area contributed by atoms with Gasteiger partial charge in [0.05, 0.1) is 0 Å². The minimum absolute atomic E-state index is 0.135. The van der Waals surface area contributed by atoms with E-state index in [1.54, 1.807) is 12.1 Å². The van der Waals surface area contributed by atoms with Crippen LogP contribution >= 0.6 is 11.6 Å². The monoisotopic (exact) mass is 278 g/mol. The van der Waals surface area contributed by atoms with E-state index in [1.165, 1.54) is 12.1 Å². The summed E-state index contributed by atoms with van der Waals surface area (Å²) in [7, 11) is 0. The molecule has 0 atom stereocenters. The van der Waals surface area contributed by atoms with Gasteiger partial charge in [-0.2, -0.15) is 15.0 Å². The molecule has 0 aliphatic carbocycles. The van der Waals surface area contributed by atoms with Gasteiger partial charge in [0.2, 0.25) is 11.2 Å². The first-order valence-corrected chi connectivity index (χ1v) is 6.52. The highest BCUT2D eigenvalue weighted by Gasteiger charge is 2.17. The van der Waals surface area contributed by atoms with Crippen LogP contribution in [0.2, 0.25) is 5.28 Å². The zero-order chi connectivity index (χ0) is 13.2. The van der Waals surface area contributed by atoms with E-state index < -0.39 is 0 Å². The first kappa shape index (κ1) is 12.3. The molecule has 0 spiro atoms. The van der Waals surface area contributed by atoms with Gasteiger partial charge in [0.15, 0.2) is 5.82 Å². The topological polar surface area (TPSA) is 41.9 Å². The Hall–Kier alpha value is -1.75. The van der Waals surface area contributed by atoms with Crippen LogP contribution in [0.15, 0.2) is 24.3 Å². The van der Waals surface area contributed by atoms with Gasteiger partial charge in [-0.05, 0) is 36.6 Å². The van der Waals surface area contributed by atoms with Gasteiger partial charge in [-0.15, -0.1) is 0 Å². The average Bonchev–Trinajstić information content (AvgIpc) is 2.92. The molecular weight excluding hydrogens is 267 g/mol. The molecule has 1 aromatic heterocycles. The number of hydrogen-bond donors (Lipinski definition) is 0. The van der Waals surface area contributed by atoms with Crippen molar-refractivity contribution in [3.05, 3.63) is 35.4 Å². The smallest absolute Gasteiger partial charge is 0.230 e. The Bertz CT molecular complexity index is 599. The van der Waals surface area contributed by atoms with Gasteiger partial charge >= 0.3 is 0 Å². The average molecular weight is 279 g/mol. The number of nitrogens with zero attached hydrogens (tertiary/aromatic N) is 4. The summed E-state index contributed by atoms with van der Waals surface area (Å²) in [6, 6.07) is 6.15. The third-order valence-corrected chi connectivity index (χ3v) is 3.24. The summed E-state index contributed by atoms with van der Waals surface area (Å²) in [5.74, 6) is 0.648. The third kappa shape index (κ3) is 2.66. The molecule has 1 fully saturated rings. The highest BCUT2D eigenvalue weighted by molar-refractivity contribution is 6.28. The van der Waals surface area contributed by atoms with Gasteiger partial charge < -0.3 is 4.90 Å². The van der Waals surface area contributed by atoms with Crippen LogP contribution in [-0.2, 0) is 0 Å². The maximum atomic E-state index is 13.2. The van der Waals surface area contributed by atoms with Gasteiger partial charge in [-0.1, -0.05) is 12.1 Å². The predicted molar refractivity (Wildman–Crippen MR) is 71.7 cm³/mol. The van der Waals surface area contributed by atoms with Crippen molar-refractivity contribution in [3.8, 4) is 11.4 Å². The molecule has 98 valence electrons. The molecule has 3 rings (SSSR count). The Kier molecular flexibility index (Phi) is 3.29. The van der Waals surface area contributed by atoms with Crippen LogP contribution in [0.1, 0.15) is 12.8 Å². The number of benzene rings is 1. The molecule has 4 nitrogen and oxygen atoms in total. The summed E-state index contributed by atoms with van der Waals surface area (Å²) in [4.78, 5) is 14.7. The van der Waals surface area contributed by atoms with Crippen molar-refractivity contribution < 1.29 is 4.39 Å². The van der Waals surface area contributed by atoms with E-state index in [1.807, 2.05) is 0 Å². The molecule has 1 aromatic carbocycles. The van der Waals surface area contributed by atoms with Gasteiger partial charge in [-0.25, -0.2) is 4.39 Å². The Balaban J connectivity index is 2.01. The zero-order valence-corrected chi connectivity index (χ0v) is 10.9. The Labute approximate surface area is 115 Å². The largest absolute Gasteiger partial charge is 0.341 e. The minimum Gasteiger partial charge on any atom is -0.341 e. The van der Waals surface area contributed by atoms with Crippen LogP contribution in [0.3, 0.4) is 0 Å². The normalized spacial score (nSPS) is 14.9. The molecule has 0 saturated carbocycles. The maximum absolute atomic E-state index is 13.2. The molecule has 0 N–H and O–H groups in total. The summed E-state index contributed by atoms with van der Waals surface area (Å²) in [5, 5.41) is 0.135. The fourth-order valence-corrected chi connectivity index (χ4v) is 2.31. The van der Waals surface area contributed by atoms with Crippen molar-refractivity contribution in [2.24, 2.45) is 0 Å². The lowest BCUT2D eigenvalue weighted by Crippen LogP contribution is -2.21. The SMILES string of the molecule is Fc1cccc(-c2nc(Cl)nc(N3CCCC3)n2)c1. The molecule has 1 aliphatic rings. The third-order valence-electron chi connectivity index (χ3n) is 3.07. The highest BCUT2D eigenvalue weighted by Crippen LogP contribution is 2.22. The molecule has 2 aromatic rings. The van der Waals surface area contributed by atoms with Crippen molar-refractivity contribution in [2.45, 2.75) is 12.8 Å². The molecule has 6 heteroatoms. The van der Waals surface area contributed by atoms with E-state index in [4.69, 9.17) is 11.6 Å². The molecule has 0 unspecified atom stereocenters. The van der Waals surface area contributed by atoms with Crippen molar-refractivity contribution in [1.29, 1.82) is 0 Å². The van der Waals surface area contributed by atoms with Gasteiger partial charge in [0, 0.05) is 18.7 Å². The second-order valence-electron chi connectivity index (χ2n) is 4.43. The molecule has 19 heavy (non-hydrogen) atoms. The van der Waals surface area contributed by atoms with E-state index >= 15 is 0 Å². The lowest BCUT2D eigenvalue weighted by molar-refractivity contribution is 0.628. The summed E-state index contributed by atoms with van der Waals surface area (Å²) in [5.41, 5.74) is 0.602. The summed E-state index contributed by atoms with van der Waals surface area (Å²) >= 11 is 5.94. The summed E-state index contributed by atoms with van der Waals surface area (Å²) < 4.78 is 13.2. The molecule has 0 amide bonds. The lowest BCUT2D eigenvalue weighted by atomic mass is 10.2. The molecule has 0 bridgehead atoms. The standard InChI is InChI=1S/C13H12ClFN4/c14-12-16-11(9-4-3-5-10(15)8-9)17-13(18-12)19-6-1-2-7-19/h3-5,8H,1-2,6-7H2. The Morgan fingerprint density at radius 3 is 2.63 bits per heavy atom. The number of aromatic nitrogens is 3. The van der Waals surface area contributed by atoms with E-state index in [-0.39, 0.29) is 11.1 Å². The second kappa shape index (κ2) is 5.09. The van der Waals surface area contributed by atoms with Gasteiger partial charge in [0.1, 0.15) is 5.82 Å². The molecule has 2 heterocycles. The Morgan fingerprint density at radius 2 is 1.89 bits per heavy atom. The van der Waals surface area contributed by atoms with Crippen LogP contribution < -0.4 is 4.90 Å². The molecular formula is C13H12ClFN4. The van der Waals surface area contributed by atoms with Crippen molar-refractivity contribution in [1.82, 2.24) is 15.0 Å².